The molecule has 0 unspecified atom stereocenters. The Morgan fingerprint density at radius 3 is 2.78 bits per heavy atom. The number of carbonyl (C=O) groups excluding carboxylic acids is 1. The van der Waals surface area contributed by atoms with Crippen molar-refractivity contribution in [3.05, 3.63) is 11.8 Å². The van der Waals surface area contributed by atoms with Gasteiger partial charge in [-0.1, -0.05) is 13.8 Å². The molecule has 0 aliphatic rings. The third-order valence-corrected chi connectivity index (χ3v) is 1.91. The summed E-state index contributed by atoms with van der Waals surface area (Å²) in [7, 11) is 0. The van der Waals surface area contributed by atoms with E-state index in [2.05, 4.69) is 10.6 Å². The molecule has 0 aromatic carbocycles. The average molecular weight is 255 g/mol. The predicted octanol–water partition coefficient (Wildman–Crippen LogP) is -0.235. The van der Waals surface area contributed by atoms with Crippen LogP contribution >= 0.6 is 0 Å². The molecule has 0 atom stereocenters. The van der Waals surface area contributed by atoms with Gasteiger partial charge in [0.25, 0.3) is 5.91 Å². The van der Waals surface area contributed by atoms with E-state index in [1.165, 1.54) is 6.20 Å². The van der Waals surface area contributed by atoms with Gasteiger partial charge in [0.15, 0.2) is 0 Å². The minimum Gasteiger partial charge on any atom is -0.394 e. The summed E-state index contributed by atoms with van der Waals surface area (Å²) in [5.41, 5.74) is 0.0396. The fourth-order valence-electron chi connectivity index (χ4n) is 1.01. The zero-order chi connectivity index (χ0) is 13.8. The molecule has 0 rings (SSSR count). The van der Waals surface area contributed by atoms with Gasteiger partial charge < -0.3 is 20.5 Å². The van der Waals surface area contributed by atoms with Crippen LogP contribution < -0.4 is 10.6 Å². The molecule has 6 heteroatoms. The number of nitriles is 1. The summed E-state index contributed by atoms with van der Waals surface area (Å²) < 4.78 is 5.01. The minimum atomic E-state index is -0.380. The summed E-state index contributed by atoms with van der Waals surface area (Å²) in [5.74, 6) is -0.0382. The van der Waals surface area contributed by atoms with Crippen LogP contribution in [0.25, 0.3) is 0 Å². The maximum Gasteiger partial charge on any atom is 0.263 e. The fraction of sp³-hybridized carbons (Fsp3) is 0.667. The molecule has 0 aromatic rings. The maximum atomic E-state index is 11.5. The molecular formula is C12H21N3O3. The number of aliphatic hydroxyl groups is 1. The number of nitrogens with zero attached hydrogens (tertiary/aromatic N) is 1. The molecule has 0 saturated carbocycles. The standard InChI is InChI=1S/C12H21N3O3/c1-10(2)8-15-12(17)11(7-13)9-14-3-5-18-6-4-16/h9-10,14,16H,3-6,8H2,1-2H3,(H,15,17)/b11-9-. The number of carbonyl (C=O) groups is 1. The first-order valence-electron chi connectivity index (χ1n) is 5.92. The highest BCUT2D eigenvalue weighted by Gasteiger charge is 2.08. The molecule has 0 spiro atoms. The Hall–Kier alpha value is -1.58. The first-order valence-corrected chi connectivity index (χ1v) is 5.92. The highest BCUT2D eigenvalue weighted by molar-refractivity contribution is 5.97. The molecule has 0 aliphatic carbocycles. The van der Waals surface area contributed by atoms with E-state index in [0.29, 0.717) is 25.6 Å². The molecule has 6 nitrogen and oxygen atoms in total. The van der Waals surface area contributed by atoms with Crippen molar-refractivity contribution in [3.63, 3.8) is 0 Å². The van der Waals surface area contributed by atoms with Gasteiger partial charge in [0.05, 0.1) is 19.8 Å². The van der Waals surface area contributed by atoms with Crippen molar-refractivity contribution in [2.45, 2.75) is 13.8 Å². The smallest absolute Gasteiger partial charge is 0.263 e. The maximum absolute atomic E-state index is 11.5. The molecule has 0 bridgehead atoms. The van der Waals surface area contributed by atoms with Crippen LogP contribution in [-0.2, 0) is 9.53 Å². The zero-order valence-corrected chi connectivity index (χ0v) is 10.9. The lowest BCUT2D eigenvalue weighted by molar-refractivity contribution is -0.117. The Morgan fingerprint density at radius 1 is 1.50 bits per heavy atom. The van der Waals surface area contributed by atoms with Gasteiger partial charge in [-0.3, -0.25) is 4.79 Å². The van der Waals surface area contributed by atoms with E-state index in [4.69, 9.17) is 15.1 Å². The number of ether oxygens (including phenoxy) is 1. The van der Waals surface area contributed by atoms with Crippen LogP contribution in [0.4, 0.5) is 0 Å². The van der Waals surface area contributed by atoms with Gasteiger partial charge in [0.1, 0.15) is 11.6 Å². The molecular weight excluding hydrogens is 234 g/mol. The molecule has 0 heterocycles. The number of rotatable bonds is 9. The second-order valence-electron chi connectivity index (χ2n) is 4.06. The third-order valence-electron chi connectivity index (χ3n) is 1.91. The van der Waals surface area contributed by atoms with E-state index in [0.717, 1.165) is 0 Å². The topological polar surface area (TPSA) is 94.4 Å². The molecule has 1 amide bonds. The predicted molar refractivity (Wildman–Crippen MR) is 67.5 cm³/mol. The molecule has 102 valence electrons. The number of hydrogen-bond acceptors (Lipinski definition) is 5. The van der Waals surface area contributed by atoms with Gasteiger partial charge in [-0.15, -0.1) is 0 Å². The average Bonchev–Trinajstić information content (AvgIpc) is 2.35. The summed E-state index contributed by atoms with van der Waals surface area (Å²) >= 11 is 0. The Morgan fingerprint density at radius 2 is 2.22 bits per heavy atom. The van der Waals surface area contributed by atoms with Crippen LogP contribution in [0.1, 0.15) is 13.8 Å². The van der Waals surface area contributed by atoms with Crippen molar-refractivity contribution in [1.29, 1.82) is 5.26 Å². The Balaban J connectivity index is 3.93. The van der Waals surface area contributed by atoms with Crippen molar-refractivity contribution in [3.8, 4) is 6.07 Å². The largest absolute Gasteiger partial charge is 0.394 e. The van der Waals surface area contributed by atoms with Crippen molar-refractivity contribution in [2.75, 3.05) is 32.9 Å². The highest BCUT2D eigenvalue weighted by atomic mass is 16.5. The highest BCUT2D eigenvalue weighted by Crippen LogP contribution is 1.93. The Labute approximate surface area is 108 Å². The van der Waals surface area contributed by atoms with Crippen LogP contribution in [0.15, 0.2) is 11.8 Å². The monoisotopic (exact) mass is 255 g/mol. The number of hydrogen-bond donors (Lipinski definition) is 3. The quantitative estimate of drug-likeness (QED) is 0.300. The fourth-order valence-corrected chi connectivity index (χ4v) is 1.01. The van der Waals surface area contributed by atoms with Crippen LogP contribution in [0, 0.1) is 17.2 Å². The SMILES string of the molecule is CC(C)CNC(=O)/C(C#N)=C\NCCOCCO. The van der Waals surface area contributed by atoms with Crippen molar-refractivity contribution < 1.29 is 14.6 Å². The first kappa shape index (κ1) is 16.4. The van der Waals surface area contributed by atoms with E-state index in [-0.39, 0.29) is 24.7 Å². The third kappa shape index (κ3) is 8.56. The Kier molecular flexibility index (Phi) is 9.64. The van der Waals surface area contributed by atoms with Gasteiger partial charge >= 0.3 is 0 Å². The molecule has 18 heavy (non-hydrogen) atoms. The van der Waals surface area contributed by atoms with Crippen molar-refractivity contribution in [2.24, 2.45) is 5.92 Å². The van der Waals surface area contributed by atoms with E-state index in [1.807, 2.05) is 19.9 Å². The molecule has 0 fully saturated rings. The second-order valence-corrected chi connectivity index (χ2v) is 4.06. The summed E-state index contributed by atoms with van der Waals surface area (Å²) in [5, 5.41) is 22.8. The van der Waals surface area contributed by atoms with Crippen LogP contribution in [-0.4, -0.2) is 43.9 Å². The number of amides is 1. The lowest BCUT2D eigenvalue weighted by Gasteiger charge is -2.07. The lowest BCUT2D eigenvalue weighted by atomic mass is 10.2. The molecule has 0 aromatic heterocycles. The molecule has 0 radical (unpaired) electrons. The number of aliphatic hydroxyl groups excluding tert-OH is 1. The van der Waals surface area contributed by atoms with Crippen molar-refractivity contribution in [1.82, 2.24) is 10.6 Å². The Bertz CT molecular complexity index is 308. The summed E-state index contributed by atoms with van der Waals surface area (Å²) in [6, 6.07) is 1.83. The zero-order valence-electron chi connectivity index (χ0n) is 10.9. The van der Waals surface area contributed by atoms with Gasteiger partial charge in [-0.05, 0) is 5.92 Å². The van der Waals surface area contributed by atoms with Gasteiger partial charge in [0, 0.05) is 19.3 Å². The van der Waals surface area contributed by atoms with Gasteiger partial charge in [-0.2, -0.15) is 5.26 Å². The van der Waals surface area contributed by atoms with E-state index in [1.54, 1.807) is 0 Å². The molecule has 0 saturated heterocycles. The lowest BCUT2D eigenvalue weighted by Crippen LogP contribution is -2.29. The van der Waals surface area contributed by atoms with Crippen molar-refractivity contribution >= 4 is 5.91 Å². The minimum absolute atomic E-state index is 0.0170. The van der Waals surface area contributed by atoms with Gasteiger partial charge in [0.2, 0.25) is 0 Å². The normalized spacial score (nSPS) is 11.2. The van der Waals surface area contributed by atoms with Crippen LogP contribution in [0.2, 0.25) is 0 Å². The summed E-state index contributed by atoms with van der Waals surface area (Å²) in [6.07, 6.45) is 1.37. The van der Waals surface area contributed by atoms with E-state index >= 15 is 0 Å². The van der Waals surface area contributed by atoms with E-state index in [9.17, 15) is 4.79 Å². The first-order chi connectivity index (χ1) is 8.61. The summed E-state index contributed by atoms with van der Waals surface area (Å²) in [4.78, 5) is 11.5. The van der Waals surface area contributed by atoms with Crippen LogP contribution in [0.5, 0.6) is 0 Å². The van der Waals surface area contributed by atoms with Gasteiger partial charge in [-0.25, -0.2) is 0 Å². The van der Waals surface area contributed by atoms with E-state index < -0.39 is 0 Å². The molecule has 0 aliphatic heterocycles. The second kappa shape index (κ2) is 10.6. The molecule has 3 N–H and O–H groups in total. The summed E-state index contributed by atoms with van der Waals surface area (Å²) in [6.45, 7) is 5.64. The number of nitrogens with one attached hydrogen (secondary N) is 2. The van der Waals surface area contributed by atoms with Crippen LogP contribution in [0.3, 0.4) is 0 Å².